The van der Waals surface area contributed by atoms with E-state index < -0.39 is 0 Å². The summed E-state index contributed by atoms with van der Waals surface area (Å²) in [7, 11) is 0. The van der Waals surface area contributed by atoms with Crippen molar-refractivity contribution in [2.45, 2.75) is 58.2 Å². The van der Waals surface area contributed by atoms with Crippen LogP contribution in [0.25, 0.3) is 0 Å². The smallest absolute Gasteiger partial charge is 0.0791 e. The molecule has 3 nitrogen and oxygen atoms in total. The number of hydrogen-bond acceptors (Lipinski definition) is 3. The van der Waals surface area contributed by atoms with Crippen molar-refractivity contribution in [3.8, 4) is 0 Å². The zero-order chi connectivity index (χ0) is 11.5. The predicted molar refractivity (Wildman–Crippen MR) is 64.0 cm³/mol. The van der Waals surface area contributed by atoms with Gasteiger partial charge in [-0.1, -0.05) is 13.8 Å². The number of nitrogens with zero attached hydrogens (tertiary/aromatic N) is 1. The van der Waals surface area contributed by atoms with Crippen LogP contribution in [0.1, 0.15) is 40.5 Å². The fourth-order valence-electron chi connectivity index (χ4n) is 2.19. The van der Waals surface area contributed by atoms with Crippen LogP contribution in [0, 0.1) is 0 Å². The van der Waals surface area contributed by atoms with Gasteiger partial charge in [-0.25, -0.2) is 0 Å². The van der Waals surface area contributed by atoms with E-state index in [1.54, 1.807) is 0 Å². The van der Waals surface area contributed by atoms with Crippen molar-refractivity contribution in [1.29, 1.82) is 0 Å². The molecule has 0 saturated carbocycles. The summed E-state index contributed by atoms with van der Waals surface area (Å²) in [5.41, 5.74) is 0.277. The van der Waals surface area contributed by atoms with Crippen molar-refractivity contribution in [3.63, 3.8) is 0 Å². The maximum absolute atomic E-state index is 9.89. The van der Waals surface area contributed by atoms with Crippen molar-refractivity contribution in [1.82, 2.24) is 10.2 Å². The lowest BCUT2D eigenvalue weighted by molar-refractivity contribution is 0.0765. The van der Waals surface area contributed by atoms with E-state index >= 15 is 0 Å². The second-order valence-corrected chi connectivity index (χ2v) is 5.58. The highest BCUT2D eigenvalue weighted by Crippen LogP contribution is 2.27. The molecule has 1 heterocycles. The van der Waals surface area contributed by atoms with E-state index in [0.29, 0.717) is 12.6 Å². The van der Waals surface area contributed by atoms with E-state index in [4.69, 9.17) is 0 Å². The molecule has 0 amide bonds. The van der Waals surface area contributed by atoms with Gasteiger partial charge in [-0.05, 0) is 33.2 Å². The molecule has 1 atom stereocenters. The summed E-state index contributed by atoms with van der Waals surface area (Å²) >= 11 is 0. The lowest BCUT2D eigenvalue weighted by atomic mass is 10.0. The first-order valence-corrected chi connectivity index (χ1v) is 6.08. The van der Waals surface area contributed by atoms with Crippen molar-refractivity contribution in [2.75, 3.05) is 19.6 Å². The third-order valence-corrected chi connectivity index (χ3v) is 3.27. The normalized spacial score (nSPS) is 23.6. The van der Waals surface area contributed by atoms with Gasteiger partial charge in [-0.15, -0.1) is 0 Å². The van der Waals surface area contributed by atoms with Crippen LogP contribution >= 0.6 is 0 Å². The molecule has 1 saturated heterocycles. The van der Waals surface area contributed by atoms with Gasteiger partial charge in [-0.2, -0.15) is 0 Å². The molecule has 1 unspecified atom stereocenters. The summed E-state index contributed by atoms with van der Waals surface area (Å²) in [4.78, 5) is 2.40. The Morgan fingerprint density at radius 3 is 2.53 bits per heavy atom. The first-order valence-electron chi connectivity index (χ1n) is 6.08. The minimum absolute atomic E-state index is 0.246. The third-order valence-electron chi connectivity index (χ3n) is 3.27. The minimum Gasteiger partial charge on any atom is -0.390 e. The first-order chi connectivity index (χ1) is 6.92. The molecular weight excluding hydrogens is 188 g/mol. The van der Waals surface area contributed by atoms with Crippen LogP contribution in [-0.4, -0.2) is 47.3 Å². The van der Waals surface area contributed by atoms with Crippen molar-refractivity contribution < 1.29 is 5.11 Å². The molecule has 0 aromatic heterocycles. The maximum Gasteiger partial charge on any atom is 0.0791 e. The molecular formula is C12H26N2O. The summed E-state index contributed by atoms with van der Waals surface area (Å²) in [6.07, 6.45) is 2.26. The Morgan fingerprint density at radius 1 is 1.40 bits per heavy atom. The van der Waals surface area contributed by atoms with E-state index in [0.717, 1.165) is 13.1 Å². The van der Waals surface area contributed by atoms with Crippen LogP contribution in [0.2, 0.25) is 0 Å². The Bertz CT molecular complexity index is 192. The highest BCUT2D eigenvalue weighted by molar-refractivity contribution is 4.89. The molecule has 1 aliphatic rings. The summed E-state index contributed by atoms with van der Waals surface area (Å²) < 4.78 is 0. The maximum atomic E-state index is 9.89. The average molecular weight is 214 g/mol. The second-order valence-electron chi connectivity index (χ2n) is 5.58. The van der Waals surface area contributed by atoms with Crippen LogP contribution in [0.4, 0.5) is 0 Å². The van der Waals surface area contributed by atoms with Gasteiger partial charge < -0.3 is 10.4 Å². The first kappa shape index (κ1) is 12.9. The molecule has 0 radical (unpaired) electrons. The van der Waals surface area contributed by atoms with Gasteiger partial charge >= 0.3 is 0 Å². The Kier molecular flexibility index (Phi) is 4.56. The molecule has 0 spiro atoms. The quantitative estimate of drug-likeness (QED) is 0.722. The number of likely N-dealkylation sites (tertiary alicyclic amines) is 1. The molecule has 0 aromatic carbocycles. The average Bonchev–Trinajstić information content (AvgIpc) is 2.43. The highest BCUT2D eigenvalue weighted by Gasteiger charge is 2.32. The van der Waals surface area contributed by atoms with Gasteiger partial charge in [0.25, 0.3) is 0 Å². The standard InChI is InChI=1S/C12H26N2O/c1-10(2)13-8-11(15)9-14-7-5-6-12(14,3)4/h10-11,13,15H,5-9H2,1-4H3. The fraction of sp³-hybridized carbons (Fsp3) is 1.00. The number of aliphatic hydroxyl groups is 1. The lowest BCUT2D eigenvalue weighted by Gasteiger charge is -2.33. The van der Waals surface area contributed by atoms with Crippen LogP contribution in [-0.2, 0) is 0 Å². The van der Waals surface area contributed by atoms with Gasteiger partial charge in [0, 0.05) is 24.7 Å². The van der Waals surface area contributed by atoms with Gasteiger partial charge in [0.15, 0.2) is 0 Å². The zero-order valence-electron chi connectivity index (χ0n) is 10.6. The van der Waals surface area contributed by atoms with Crippen LogP contribution in [0.5, 0.6) is 0 Å². The zero-order valence-corrected chi connectivity index (χ0v) is 10.6. The summed E-state index contributed by atoms with van der Waals surface area (Å²) in [6, 6.07) is 0.450. The van der Waals surface area contributed by atoms with Crippen molar-refractivity contribution >= 4 is 0 Å². The van der Waals surface area contributed by atoms with Gasteiger partial charge in [0.1, 0.15) is 0 Å². The molecule has 0 aromatic rings. The third kappa shape index (κ3) is 4.09. The van der Waals surface area contributed by atoms with Gasteiger partial charge in [-0.3, -0.25) is 4.90 Å². The molecule has 2 N–H and O–H groups in total. The summed E-state index contributed by atoms with van der Waals surface area (Å²) in [6.45, 7) is 11.4. The summed E-state index contributed by atoms with van der Waals surface area (Å²) in [5, 5.41) is 13.2. The lowest BCUT2D eigenvalue weighted by Crippen LogP contribution is -2.46. The Labute approximate surface area is 93.9 Å². The van der Waals surface area contributed by atoms with Gasteiger partial charge in [0.05, 0.1) is 6.10 Å². The van der Waals surface area contributed by atoms with E-state index in [2.05, 4.69) is 37.9 Å². The van der Waals surface area contributed by atoms with Crippen LogP contribution < -0.4 is 5.32 Å². The van der Waals surface area contributed by atoms with Crippen molar-refractivity contribution in [3.05, 3.63) is 0 Å². The SMILES string of the molecule is CC(C)NCC(O)CN1CCCC1(C)C. The number of nitrogens with one attached hydrogen (secondary N) is 1. The Morgan fingerprint density at radius 2 is 2.07 bits per heavy atom. The van der Waals surface area contributed by atoms with E-state index in [1.807, 2.05) is 0 Å². The molecule has 1 fully saturated rings. The largest absolute Gasteiger partial charge is 0.390 e. The number of rotatable bonds is 5. The fourth-order valence-corrected chi connectivity index (χ4v) is 2.19. The second kappa shape index (κ2) is 5.28. The monoisotopic (exact) mass is 214 g/mol. The molecule has 1 aliphatic heterocycles. The molecule has 90 valence electrons. The van der Waals surface area contributed by atoms with E-state index in [1.165, 1.54) is 12.8 Å². The molecule has 3 heteroatoms. The number of β-amino-alcohol motifs (C(OH)–C–C–N with tert-alkyl or cyclic N) is 1. The van der Waals surface area contributed by atoms with Crippen LogP contribution in [0.15, 0.2) is 0 Å². The Balaban J connectivity index is 2.28. The van der Waals surface area contributed by atoms with E-state index in [9.17, 15) is 5.11 Å². The molecule has 0 bridgehead atoms. The predicted octanol–water partition coefficient (Wildman–Crippen LogP) is 1.22. The van der Waals surface area contributed by atoms with Crippen LogP contribution in [0.3, 0.4) is 0 Å². The molecule has 15 heavy (non-hydrogen) atoms. The van der Waals surface area contributed by atoms with E-state index in [-0.39, 0.29) is 11.6 Å². The van der Waals surface area contributed by atoms with Crippen molar-refractivity contribution in [2.24, 2.45) is 0 Å². The molecule has 1 rings (SSSR count). The summed E-state index contributed by atoms with van der Waals surface area (Å²) in [5.74, 6) is 0. The van der Waals surface area contributed by atoms with Gasteiger partial charge in [0.2, 0.25) is 0 Å². The topological polar surface area (TPSA) is 35.5 Å². The number of aliphatic hydroxyl groups excluding tert-OH is 1. The minimum atomic E-state index is -0.246. The number of hydrogen-bond donors (Lipinski definition) is 2. The Hall–Kier alpha value is -0.120. The molecule has 0 aliphatic carbocycles. The highest BCUT2D eigenvalue weighted by atomic mass is 16.3.